The number of anilines is 1. The minimum atomic E-state index is -3.56. The summed E-state index contributed by atoms with van der Waals surface area (Å²) in [7, 11) is -2.04. The molecule has 0 amide bonds. The second kappa shape index (κ2) is 8.45. The van der Waals surface area contributed by atoms with E-state index in [2.05, 4.69) is 4.72 Å². The fourth-order valence-corrected chi connectivity index (χ4v) is 3.50. The molecule has 1 heterocycles. The van der Waals surface area contributed by atoms with Gasteiger partial charge in [-0.2, -0.15) is 0 Å². The van der Waals surface area contributed by atoms with Crippen LogP contribution >= 0.6 is 11.6 Å². The van der Waals surface area contributed by atoms with Gasteiger partial charge in [0, 0.05) is 42.2 Å². The third-order valence-electron chi connectivity index (χ3n) is 4.21. The van der Waals surface area contributed by atoms with Crippen molar-refractivity contribution in [3.8, 4) is 22.6 Å². The van der Waals surface area contributed by atoms with Gasteiger partial charge in [0.1, 0.15) is 11.6 Å². The van der Waals surface area contributed by atoms with Crippen LogP contribution in [0.3, 0.4) is 0 Å². The van der Waals surface area contributed by atoms with Gasteiger partial charge in [-0.15, -0.1) is 0 Å². The molecular formula is C20H17ClF2N2O4S. The molecule has 0 atom stereocenters. The fourth-order valence-electron chi connectivity index (χ4n) is 2.63. The van der Waals surface area contributed by atoms with Crippen LogP contribution < -0.4 is 15.0 Å². The van der Waals surface area contributed by atoms with Crippen LogP contribution in [0.2, 0.25) is 5.02 Å². The molecule has 2 aromatic carbocycles. The molecule has 0 radical (unpaired) electrons. The maximum Gasteiger partial charge on any atom is 0.251 e. The van der Waals surface area contributed by atoms with E-state index in [1.54, 1.807) is 0 Å². The van der Waals surface area contributed by atoms with Crippen LogP contribution in [0.15, 0.2) is 53.5 Å². The molecule has 0 aliphatic heterocycles. The Kier molecular flexibility index (Phi) is 6.14. The van der Waals surface area contributed by atoms with Gasteiger partial charge in [0.2, 0.25) is 10.0 Å². The molecule has 0 saturated heterocycles. The molecule has 0 aliphatic carbocycles. The van der Waals surface area contributed by atoms with E-state index in [0.29, 0.717) is 17.2 Å². The number of benzene rings is 2. The molecule has 0 fully saturated rings. The summed E-state index contributed by atoms with van der Waals surface area (Å²) < 4.78 is 60.5. The first kappa shape index (κ1) is 21.8. The monoisotopic (exact) mass is 454 g/mol. The molecule has 10 heteroatoms. The Morgan fingerprint density at radius 1 is 1.07 bits per heavy atom. The number of hydrogen-bond acceptors (Lipinski definition) is 4. The molecule has 1 N–H and O–H groups in total. The van der Waals surface area contributed by atoms with E-state index in [1.807, 2.05) is 0 Å². The second-order valence-corrected chi connectivity index (χ2v) is 8.80. The molecule has 0 bridgehead atoms. The van der Waals surface area contributed by atoms with E-state index in [4.69, 9.17) is 16.3 Å². The normalized spacial score (nSPS) is 11.4. The van der Waals surface area contributed by atoms with Crippen molar-refractivity contribution in [3.05, 3.63) is 75.7 Å². The molecule has 6 nitrogen and oxygen atoms in total. The van der Waals surface area contributed by atoms with Crippen LogP contribution in [0.5, 0.6) is 11.5 Å². The maximum atomic E-state index is 14.1. The highest BCUT2D eigenvalue weighted by Crippen LogP contribution is 2.39. The van der Waals surface area contributed by atoms with Gasteiger partial charge in [-0.1, -0.05) is 11.6 Å². The van der Waals surface area contributed by atoms with Gasteiger partial charge in [-0.25, -0.2) is 17.2 Å². The zero-order valence-corrected chi connectivity index (χ0v) is 17.5. The van der Waals surface area contributed by atoms with Crippen LogP contribution in [-0.2, 0) is 17.1 Å². The highest BCUT2D eigenvalue weighted by atomic mass is 35.5. The molecule has 0 spiro atoms. The van der Waals surface area contributed by atoms with E-state index < -0.39 is 21.7 Å². The van der Waals surface area contributed by atoms with Crippen molar-refractivity contribution in [3.63, 3.8) is 0 Å². The topological polar surface area (TPSA) is 77.4 Å². The Bertz CT molecular complexity index is 1280. The van der Waals surface area contributed by atoms with Gasteiger partial charge in [0.05, 0.1) is 10.8 Å². The predicted molar refractivity (Wildman–Crippen MR) is 112 cm³/mol. The van der Waals surface area contributed by atoms with Crippen molar-refractivity contribution < 1.29 is 21.9 Å². The number of hydrogen-bond donors (Lipinski definition) is 1. The van der Waals surface area contributed by atoms with E-state index >= 15 is 0 Å². The average Bonchev–Trinajstić information content (AvgIpc) is 2.68. The second-order valence-electron chi connectivity index (χ2n) is 6.38. The lowest BCUT2D eigenvalue weighted by molar-refractivity contribution is 0.439. The first-order valence-electron chi connectivity index (χ1n) is 8.73. The molecule has 30 heavy (non-hydrogen) atoms. The summed E-state index contributed by atoms with van der Waals surface area (Å²) in [6.07, 6.45) is 1.45. The molecule has 3 rings (SSSR count). The number of nitrogens with zero attached hydrogens (tertiary/aromatic N) is 1. The SMILES string of the molecule is CCS(=O)(=O)Nc1ccc(Oc2ccc(F)cc2F)c(-c2cn(C)c(=O)cc2Cl)c1. The lowest BCUT2D eigenvalue weighted by atomic mass is 10.1. The number of halogens is 3. The number of nitrogens with one attached hydrogen (secondary N) is 1. The van der Waals surface area contributed by atoms with Crippen molar-refractivity contribution in [1.82, 2.24) is 4.57 Å². The lowest BCUT2D eigenvalue weighted by Gasteiger charge is -2.16. The maximum absolute atomic E-state index is 14.1. The van der Waals surface area contributed by atoms with Gasteiger partial charge in [-0.3, -0.25) is 9.52 Å². The van der Waals surface area contributed by atoms with E-state index in [9.17, 15) is 22.0 Å². The van der Waals surface area contributed by atoms with Crippen LogP contribution in [0.1, 0.15) is 6.92 Å². The number of aryl methyl sites for hydroxylation is 1. The van der Waals surface area contributed by atoms with Crippen LogP contribution in [0, 0.1) is 11.6 Å². The lowest BCUT2D eigenvalue weighted by Crippen LogP contribution is -2.15. The highest BCUT2D eigenvalue weighted by Gasteiger charge is 2.17. The van der Waals surface area contributed by atoms with Gasteiger partial charge < -0.3 is 9.30 Å². The Morgan fingerprint density at radius 2 is 1.77 bits per heavy atom. The van der Waals surface area contributed by atoms with Crippen LogP contribution in [0.25, 0.3) is 11.1 Å². The largest absolute Gasteiger partial charge is 0.454 e. The first-order valence-corrected chi connectivity index (χ1v) is 10.8. The van der Waals surface area contributed by atoms with Gasteiger partial charge >= 0.3 is 0 Å². The summed E-state index contributed by atoms with van der Waals surface area (Å²) in [5, 5.41) is 0.0954. The van der Waals surface area contributed by atoms with Crippen LogP contribution in [0.4, 0.5) is 14.5 Å². The Hall–Kier alpha value is -2.91. The summed E-state index contributed by atoms with van der Waals surface area (Å²) >= 11 is 6.24. The number of aromatic nitrogens is 1. The molecule has 1 aromatic heterocycles. The molecule has 3 aromatic rings. The van der Waals surface area contributed by atoms with Gasteiger partial charge in [0.25, 0.3) is 5.56 Å². The number of rotatable bonds is 6. The third kappa shape index (κ3) is 4.80. The summed E-state index contributed by atoms with van der Waals surface area (Å²) in [6.45, 7) is 1.49. The van der Waals surface area contributed by atoms with Crippen LogP contribution in [-0.4, -0.2) is 18.7 Å². The van der Waals surface area contributed by atoms with E-state index in [1.165, 1.54) is 49.0 Å². The molecule has 0 saturated carbocycles. The number of pyridine rings is 1. The van der Waals surface area contributed by atoms with E-state index in [0.717, 1.165) is 12.1 Å². The zero-order valence-electron chi connectivity index (χ0n) is 15.9. The average molecular weight is 455 g/mol. The van der Waals surface area contributed by atoms with Gasteiger partial charge in [-0.05, 0) is 37.3 Å². The number of ether oxygens (including phenoxy) is 1. The highest BCUT2D eigenvalue weighted by molar-refractivity contribution is 7.92. The Balaban J connectivity index is 2.16. The van der Waals surface area contributed by atoms with Gasteiger partial charge in [0.15, 0.2) is 11.6 Å². The predicted octanol–water partition coefficient (Wildman–Crippen LogP) is 4.54. The summed E-state index contributed by atoms with van der Waals surface area (Å²) in [5.41, 5.74) is 0.534. The smallest absolute Gasteiger partial charge is 0.251 e. The zero-order chi connectivity index (χ0) is 22.1. The minimum Gasteiger partial charge on any atom is -0.454 e. The minimum absolute atomic E-state index is 0.0954. The van der Waals surface area contributed by atoms with Crippen molar-refractivity contribution in [2.24, 2.45) is 7.05 Å². The molecule has 0 aliphatic rings. The third-order valence-corrected chi connectivity index (χ3v) is 5.83. The summed E-state index contributed by atoms with van der Waals surface area (Å²) in [5.74, 6) is -1.92. The van der Waals surface area contributed by atoms with Crippen molar-refractivity contribution in [1.29, 1.82) is 0 Å². The quantitative estimate of drug-likeness (QED) is 0.593. The van der Waals surface area contributed by atoms with Crippen molar-refractivity contribution >= 4 is 27.3 Å². The van der Waals surface area contributed by atoms with E-state index in [-0.39, 0.29) is 33.5 Å². The van der Waals surface area contributed by atoms with Crippen molar-refractivity contribution in [2.75, 3.05) is 10.5 Å². The molecular weight excluding hydrogens is 438 g/mol. The molecule has 158 valence electrons. The number of sulfonamides is 1. The standard InChI is InChI=1S/C20H17ClF2N2O4S/c1-3-30(27,28)24-13-5-7-18(29-19-6-4-12(22)8-17(19)23)14(9-13)15-11-25(2)20(26)10-16(15)21/h4-11,24H,3H2,1-2H3. The molecule has 0 unspecified atom stereocenters. The van der Waals surface area contributed by atoms with Crippen molar-refractivity contribution in [2.45, 2.75) is 6.92 Å². The summed E-state index contributed by atoms with van der Waals surface area (Å²) in [4.78, 5) is 11.8. The first-order chi connectivity index (χ1) is 14.1. The Morgan fingerprint density at radius 3 is 2.43 bits per heavy atom. The Labute approximate surface area is 176 Å². The summed E-state index contributed by atoms with van der Waals surface area (Å²) in [6, 6.07) is 8.36. The fraction of sp³-hybridized carbons (Fsp3) is 0.150.